The number of carbonyl (C=O) groups excluding carboxylic acids is 1. The molecule has 2 rings (SSSR count). The predicted molar refractivity (Wildman–Crippen MR) is 83.4 cm³/mol. The molecule has 0 aliphatic rings. The number of amides is 1. The van der Waals surface area contributed by atoms with Crippen molar-refractivity contribution in [1.29, 1.82) is 0 Å². The molecule has 2 aromatic rings. The van der Waals surface area contributed by atoms with Gasteiger partial charge >= 0.3 is 0 Å². The summed E-state index contributed by atoms with van der Waals surface area (Å²) < 4.78 is 0. The minimum Gasteiger partial charge on any atom is -0.508 e. The second-order valence-electron chi connectivity index (χ2n) is 4.21. The highest BCUT2D eigenvalue weighted by Gasteiger charge is 2.11. The van der Waals surface area contributed by atoms with Crippen LogP contribution in [0.5, 0.6) is 5.75 Å². The Morgan fingerprint density at radius 1 is 1.37 bits per heavy atom. The van der Waals surface area contributed by atoms with Crippen LogP contribution in [-0.2, 0) is 6.42 Å². The summed E-state index contributed by atoms with van der Waals surface area (Å²) in [5.74, 6) is -0.0523. The minimum atomic E-state index is -0.157. The van der Waals surface area contributed by atoms with Gasteiger partial charge in [0.25, 0.3) is 5.91 Å². The van der Waals surface area contributed by atoms with E-state index in [-0.39, 0.29) is 31.2 Å². The second kappa shape index (κ2) is 7.21. The van der Waals surface area contributed by atoms with Crippen molar-refractivity contribution in [2.75, 3.05) is 0 Å². The van der Waals surface area contributed by atoms with Gasteiger partial charge in [0.05, 0.1) is 0 Å². The number of thiophene rings is 1. The van der Waals surface area contributed by atoms with Crippen LogP contribution in [0.3, 0.4) is 0 Å². The minimum absolute atomic E-state index is 0. The maximum absolute atomic E-state index is 11.9. The van der Waals surface area contributed by atoms with Gasteiger partial charge in [-0.1, -0.05) is 12.1 Å². The van der Waals surface area contributed by atoms with Crippen molar-refractivity contribution in [3.8, 4) is 5.75 Å². The highest BCUT2D eigenvalue weighted by atomic mass is 32.1. The van der Waals surface area contributed by atoms with Crippen molar-refractivity contribution in [3.63, 3.8) is 0 Å². The Hall–Kier alpha value is -1.46. The number of aromatic hydroxyl groups is 1. The molecule has 0 aliphatic heterocycles. The Kier molecular flexibility index (Phi) is 5.92. The van der Waals surface area contributed by atoms with Gasteiger partial charge in [0.15, 0.2) is 0 Å². The average molecular weight is 295 g/mol. The van der Waals surface area contributed by atoms with Crippen LogP contribution < -0.4 is 5.32 Å². The van der Waals surface area contributed by atoms with Crippen molar-refractivity contribution < 1.29 is 9.90 Å². The highest BCUT2D eigenvalue weighted by Crippen LogP contribution is 2.13. The van der Waals surface area contributed by atoms with Crippen LogP contribution in [0.25, 0.3) is 0 Å². The van der Waals surface area contributed by atoms with Gasteiger partial charge in [0.2, 0.25) is 0 Å². The monoisotopic (exact) mass is 295 g/mol. The number of hydrogen-bond donors (Lipinski definition) is 2. The standard InChI is InChI=1S/C14H15NO2S.H2S/c1-10(8-13-6-3-7-18-13)15-14(17)11-4-2-5-12(16)9-11;/h2-7,9-10,16H,8H2,1H3,(H,15,17);1H2/t10-;/m0./s1. The first kappa shape index (κ1) is 15.6. The lowest BCUT2D eigenvalue weighted by molar-refractivity contribution is 0.0940. The van der Waals surface area contributed by atoms with E-state index in [1.807, 2.05) is 18.4 Å². The van der Waals surface area contributed by atoms with Crippen molar-refractivity contribution in [2.24, 2.45) is 0 Å². The lowest BCUT2D eigenvalue weighted by atomic mass is 10.1. The zero-order valence-electron chi connectivity index (χ0n) is 10.6. The van der Waals surface area contributed by atoms with Gasteiger partial charge in [0.1, 0.15) is 5.75 Å². The predicted octanol–water partition coefficient (Wildman–Crippen LogP) is 2.93. The largest absolute Gasteiger partial charge is 0.508 e. The first-order valence-electron chi connectivity index (χ1n) is 5.77. The molecule has 0 saturated carbocycles. The van der Waals surface area contributed by atoms with Gasteiger partial charge in [-0.05, 0) is 36.6 Å². The van der Waals surface area contributed by atoms with Crippen molar-refractivity contribution in [3.05, 3.63) is 52.2 Å². The highest BCUT2D eigenvalue weighted by molar-refractivity contribution is 7.59. The van der Waals surface area contributed by atoms with Crippen LogP contribution in [-0.4, -0.2) is 17.1 Å². The summed E-state index contributed by atoms with van der Waals surface area (Å²) in [5.41, 5.74) is 0.480. The fourth-order valence-electron chi connectivity index (χ4n) is 1.74. The van der Waals surface area contributed by atoms with E-state index >= 15 is 0 Å². The molecule has 19 heavy (non-hydrogen) atoms. The quantitative estimate of drug-likeness (QED) is 0.911. The zero-order chi connectivity index (χ0) is 13.0. The van der Waals surface area contributed by atoms with Crippen molar-refractivity contribution in [2.45, 2.75) is 19.4 Å². The van der Waals surface area contributed by atoms with E-state index < -0.39 is 0 Å². The first-order chi connectivity index (χ1) is 8.65. The van der Waals surface area contributed by atoms with Crippen LogP contribution >= 0.6 is 24.8 Å². The molecular weight excluding hydrogens is 278 g/mol. The van der Waals surface area contributed by atoms with E-state index in [9.17, 15) is 9.90 Å². The third-order valence-corrected chi connectivity index (χ3v) is 3.47. The van der Waals surface area contributed by atoms with Crippen LogP contribution in [0.2, 0.25) is 0 Å². The number of carbonyl (C=O) groups is 1. The third-order valence-electron chi connectivity index (χ3n) is 2.57. The molecule has 0 spiro atoms. The summed E-state index contributed by atoms with van der Waals surface area (Å²) >= 11 is 1.69. The average Bonchev–Trinajstić information content (AvgIpc) is 2.81. The maximum Gasteiger partial charge on any atom is 0.251 e. The van der Waals surface area contributed by atoms with E-state index in [0.29, 0.717) is 5.56 Å². The summed E-state index contributed by atoms with van der Waals surface area (Å²) in [6.07, 6.45) is 0.822. The van der Waals surface area contributed by atoms with Crippen molar-refractivity contribution in [1.82, 2.24) is 5.32 Å². The number of phenolic OH excluding ortho intramolecular Hbond substituents is 1. The van der Waals surface area contributed by atoms with E-state index in [1.165, 1.54) is 10.9 Å². The van der Waals surface area contributed by atoms with Crippen LogP contribution in [0, 0.1) is 0 Å². The first-order valence-corrected chi connectivity index (χ1v) is 6.65. The van der Waals surface area contributed by atoms with E-state index in [2.05, 4.69) is 11.4 Å². The Morgan fingerprint density at radius 3 is 2.79 bits per heavy atom. The molecule has 0 aliphatic carbocycles. The van der Waals surface area contributed by atoms with Gasteiger partial charge in [-0.25, -0.2) is 0 Å². The van der Waals surface area contributed by atoms with Gasteiger partial charge < -0.3 is 10.4 Å². The number of rotatable bonds is 4. The fraction of sp³-hybridized carbons (Fsp3) is 0.214. The summed E-state index contributed by atoms with van der Waals surface area (Å²) in [6.45, 7) is 1.97. The Morgan fingerprint density at radius 2 is 2.16 bits per heavy atom. The summed E-state index contributed by atoms with van der Waals surface area (Å²) in [4.78, 5) is 13.2. The van der Waals surface area contributed by atoms with Gasteiger partial charge in [0, 0.05) is 22.9 Å². The molecule has 1 heterocycles. The third kappa shape index (κ3) is 4.61. The summed E-state index contributed by atoms with van der Waals surface area (Å²) in [5, 5.41) is 14.3. The number of hydrogen-bond acceptors (Lipinski definition) is 3. The van der Waals surface area contributed by atoms with Crippen LogP contribution in [0.1, 0.15) is 22.2 Å². The molecule has 1 aromatic carbocycles. The lowest BCUT2D eigenvalue weighted by Crippen LogP contribution is -2.33. The lowest BCUT2D eigenvalue weighted by Gasteiger charge is -2.13. The molecule has 0 bridgehead atoms. The number of phenols is 1. The summed E-state index contributed by atoms with van der Waals surface area (Å²) in [7, 11) is 0. The molecule has 3 nitrogen and oxygen atoms in total. The van der Waals surface area contributed by atoms with E-state index in [1.54, 1.807) is 29.5 Å². The van der Waals surface area contributed by atoms with E-state index in [0.717, 1.165) is 6.42 Å². The molecule has 0 fully saturated rings. The van der Waals surface area contributed by atoms with Gasteiger partial charge in [-0.2, -0.15) is 13.5 Å². The molecule has 5 heteroatoms. The molecular formula is C14H17NO2S2. The summed E-state index contributed by atoms with van der Waals surface area (Å²) in [6, 6.07) is 10.5. The second-order valence-corrected chi connectivity index (χ2v) is 5.24. The molecule has 2 N–H and O–H groups in total. The van der Waals surface area contributed by atoms with Crippen LogP contribution in [0.15, 0.2) is 41.8 Å². The van der Waals surface area contributed by atoms with Crippen molar-refractivity contribution >= 4 is 30.7 Å². The number of nitrogens with one attached hydrogen (secondary N) is 1. The van der Waals surface area contributed by atoms with Gasteiger partial charge in [-0.3, -0.25) is 4.79 Å². The van der Waals surface area contributed by atoms with E-state index in [4.69, 9.17) is 0 Å². The smallest absolute Gasteiger partial charge is 0.251 e. The maximum atomic E-state index is 11.9. The normalized spacial score (nSPS) is 11.4. The molecule has 102 valence electrons. The Bertz CT molecular complexity index is 526. The van der Waals surface area contributed by atoms with Gasteiger partial charge in [-0.15, -0.1) is 11.3 Å². The zero-order valence-corrected chi connectivity index (χ0v) is 12.4. The Balaban J connectivity index is 0.00000180. The molecule has 0 saturated heterocycles. The molecule has 1 amide bonds. The molecule has 1 atom stereocenters. The Labute approximate surface area is 123 Å². The topological polar surface area (TPSA) is 49.3 Å². The SMILES string of the molecule is C[C@@H](Cc1cccs1)NC(=O)c1cccc(O)c1.S. The fourth-order valence-corrected chi connectivity index (χ4v) is 2.57. The molecule has 0 unspecified atom stereocenters. The molecule has 1 aromatic heterocycles. The number of benzene rings is 1. The van der Waals surface area contributed by atoms with Crippen LogP contribution in [0.4, 0.5) is 0 Å². The molecule has 0 radical (unpaired) electrons.